The Hall–Kier alpha value is -1.04. The minimum absolute atomic E-state index is 0.0131. The van der Waals surface area contributed by atoms with Crippen LogP contribution in [0.1, 0.15) is 33.1 Å². The second kappa shape index (κ2) is 3.78. The maximum absolute atomic E-state index is 11.4. The van der Waals surface area contributed by atoms with Crippen molar-refractivity contribution in [3.05, 3.63) is 0 Å². The Kier molecular flexibility index (Phi) is 2.92. The third-order valence-electron chi connectivity index (χ3n) is 2.82. The summed E-state index contributed by atoms with van der Waals surface area (Å²) in [6.07, 6.45) is 3.05. The van der Waals surface area contributed by atoms with Crippen molar-refractivity contribution < 1.29 is 9.53 Å². The number of carbonyl (C=O) groups excluding carboxylic acids is 1. The van der Waals surface area contributed by atoms with Crippen LogP contribution in [0.2, 0.25) is 0 Å². The molecule has 0 aromatic carbocycles. The molecule has 13 heavy (non-hydrogen) atoms. The van der Waals surface area contributed by atoms with E-state index in [0.717, 1.165) is 19.3 Å². The van der Waals surface area contributed by atoms with E-state index >= 15 is 0 Å². The van der Waals surface area contributed by atoms with E-state index in [9.17, 15) is 4.79 Å². The van der Waals surface area contributed by atoms with Crippen LogP contribution >= 0.6 is 0 Å². The Balaban J connectivity index is 2.52. The van der Waals surface area contributed by atoms with Gasteiger partial charge in [0.05, 0.1) is 5.92 Å². The van der Waals surface area contributed by atoms with Crippen molar-refractivity contribution in [2.45, 2.75) is 33.1 Å². The van der Waals surface area contributed by atoms with E-state index < -0.39 is 0 Å². The summed E-state index contributed by atoms with van der Waals surface area (Å²) in [5.41, 5.74) is 0.0482. The van der Waals surface area contributed by atoms with Gasteiger partial charge in [-0.3, -0.25) is 4.79 Å². The summed E-state index contributed by atoms with van der Waals surface area (Å²) in [6, 6.07) is 1.81. The lowest BCUT2D eigenvalue weighted by atomic mass is 9.82. The number of nitriles is 1. The first kappa shape index (κ1) is 10.0. The van der Waals surface area contributed by atoms with E-state index in [1.165, 1.54) is 0 Å². The molecule has 0 saturated heterocycles. The lowest BCUT2D eigenvalue weighted by Crippen LogP contribution is -2.27. The van der Waals surface area contributed by atoms with Crippen LogP contribution < -0.4 is 0 Å². The highest BCUT2D eigenvalue weighted by atomic mass is 16.5. The molecule has 1 rings (SSSR count). The number of carbonyl (C=O) groups is 1. The molecule has 0 spiro atoms. The molecule has 0 bridgehead atoms. The Morgan fingerprint density at radius 3 is 2.85 bits per heavy atom. The molecule has 1 atom stereocenters. The van der Waals surface area contributed by atoms with Crippen molar-refractivity contribution in [1.29, 1.82) is 5.26 Å². The first-order valence-electron chi connectivity index (χ1n) is 4.61. The fourth-order valence-corrected chi connectivity index (χ4v) is 1.97. The predicted molar refractivity (Wildman–Crippen MR) is 47.7 cm³/mol. The molecular formula is C10H15NO2. The first-order valence-corrected chi connectivity index (χ1v) is 4.61. The molecule has 0 aliphatic heterocycles. The molecule has 0 N–H and O–H groups in total. The van der Waals surface area contributed by atoms with Crippen LogP contribution in [-0.2, 0) is 9.53 Å². The molecule has 0 heterocycles. The van der Waals surface area contributed by atoms with Gasteiger partial charge in [-0.2, -0.15) is 5.26 Å². The highest BCUT2D eigenvalue weighted by Gasteiger charge is 2.40. The third-order valence-corrected chi connectivity index (χ3v) is 2.82. The van der Waals surface area contributed by atoms with E-state index in [1.807, 2.05) is 0 Å². The molecule has 72 valence electrons. The largest absolute Gasteiger partial charge is 0.450 e. The van der Waals surface area contributed by atoms with Gasteiger partial charge in [-0.25, -0.2) is 0 Å². The molecule has 0 aromatic rings. The zero-order valence-corrected chi connectivity index (χ0v) is 8.17. The lowest BCUT2D eigenvalue weighted by molar-refractivity contribution is -0.150. The molecule has 1 aliphatic carbocycles. The molecular weight excluding hydrogens is 166 g/mol. The SMILES string of the molecule is CC1(C)CCCC1C(=O)OCC#N. The summed E-state index contributed by atoms with van der Waals surface area (Å²) in [6.45, 7) is 4.04. The van der Waals surface area contributed by atoms with E-state index in [0.29, 0.717) is 0 Å². The van der Waals surface area contributed by atoms with Crippen LogP contribution in [0.4, 0.5) is 0 Å². The normalized spacial score (nSPS) is 25.2. The summed E-state index contributed by atoms with van der Waals surface area (Å²) in [5.74, 6) is -0.218. The molecule has 1 saturated carbocycles. The minimum atomic E-state index is -0.205. The second-order valence-corrected chi connectivity index (χ2v) is 4.20. The van der Waals surface area contributed by atoms with Crippen LogP contribution in [0.25, 0.3) is 0 Å². The summed E-state index contributed by atoms with van der Waals surface area (Å²) in [7, 11) is 0. The molecule has 3 nitrogen and oxygen atoms in total. The highest BCUT2D eigenvalue weighted by Crippen LogP contribution is 2.43. The number of hydrogen-bond donors (Lipinski definition) is 0. The average Bonchev–Trinajstić information content (AvgIpc) is 2.41. The zero-order chi connectivity index (χ0) is 9.90. The fraction of sp³-hybridized carbons (Fsp3) is 0.800. The van der Waals surface area contributed by atoms with Gasteiger partial charge in [0, 0.05) is 0 Å². The van der Waals surface area contributed by atoms with Crippen LogP contribution in [0.3, 0.4) is 0 Å². The van der Waals surface area contributed by atoms with Crippen LogP contribution in [0, 0.1) is 22.7 Å². The van der Waals surface area contributed by atoms with Crippen molar-refractivity contribution in [1.82, 2.24) is 0 Å². The van der Waals surface area contributed by atoms with Gasteiger partial charge in [0.2, 0.25) is 0 Å². The zero-order valence-electron chi connectivity index (χ0n) is 8.17. The predicted octanol–water partition coefficient (Wildman–Crippen LogP) is 1.88. The van der Waals surface area contributed by atoms with Gasteiger partial charge in [-0.05, 0) is 18.3 Å². The monoisotopic (exact) mass is 181 g/mol. The van der Waals surface area contributed by atoms with Crippen LogP contribution in [-0.4, -0.2) is 12.6 Å². The van der Waals surface area contributed by atoms with Gasteiger partial charge in [0.15, 0.2) is 6.61 Å². The summed E-state index contributed by atoms with van der Waals surface area (Å²) >= 11 is 0. The van der Waals surface area contributed by atoms with Crippen molar-refractivity contribution in [2.75, 3.05) is 6.61 Å². The molecule has 1 unspecified atom stereocenters. The van der Waals surface area contributed by atoms with E-state index in [-0.39, 0.29) is 23.9 Å². The lowest BCUT2D eigenvalue weighted by Gasteiger charge is -2.24. The van der Waals surface area contributed by atoms with Crippen molar-refractivity contribution >= 4 is 5.97 Å². The van der Waals surface area contributed by atoms with E-state index in [4.69, 9.17) is 10.00 Å². The topological polar surface area (TPSA) is 50.1 Å². The fourth-order valence-electron chi connectivity index (χ4n) is 1.97. The summed E-state index contributed by atoms with van der Waals surface area (Å²) < 4.78 is 4.81. The Morgan fingerprint density at radius 2 is 2.38 bits per heavy atom. The maximum atomic E-state index is 11.4. The summed E-state index contributed by atoms with van der Waals surface area (Å²) in [5, 5.41) is 8.26. The van der Waals surface area contributed by atoms with E-state index in [2.05, 4.69) is 13.8 Å². The van der Waals surface area contributed by atoms with Crippen LogP contribution in [0.15, 0.2) is 0 Å². The van der Waals surface area contributed by atoms with Gasteiger partial charge < -0.3 is 4.74 Å². The Morgan fingerprint density at radius 1 is 1.69 bits per heavy atom. The van der Waals surface area contributed by atoms with Crippen molar-refractivity contribution in [3.8, 4) is 6.07 Å². The molecule has 3 heteroatoms. The van der Waals surface area contributed by atoms with Gasteiger partial charge >= 0.3 is 5.97 Å². The molecule has 1 fully saturated rings. The molecule has 0 aromatic heterocycles. The minimum Gasteiger partial charge on any atom is -0.450 e. The highest BCUT2D eigenvalue weighted by molar-refractivity contribution is 5.73. The second-order valence-electron chi connectivity index (χ2n) is 4.20. The smallest absolute Gasteiger partial charge is 0.310 e. The van der Waals surface area contributed by atoms with Crippen LogP contribution in [0.5, 0.6) is 0 Å². The van der Waals surface area contributed by atoms with Gasteiger partial charge in [0.1, 0.15) is 6.07 Å². The molecule has 0 radical (unpaired) electrons. The quantitative estimate of drug-likeness (QED) is 0.611. The number of nitrogens with zero attached hydrogens (tertiary/aromatic N) is 1. The van der Waals surface area contributed by atoms with Gasteiger partial charge in [-0.1, -0.05) is 20.3 Å². The van der Waals surface area contributed by atoms with Crippen molar-refractivity contribution in [3.63, 3.8) is 0 Å². The average molecular weight is 181 g/mol. The number of ether oxygens (including phenoxy) is 1. The number of rotatable bonds is 2. The Bertz CT molecular complexity index is 240. The number of esters is 1. The van der Waals surface area contributed by atoms with Gasteiger partial charge in [0.25, 0.3) is 0 Å². The maximum Gasteiger partial charge on any atom is 0.310 e. The third kappa shape index (κ3) is 2.21. The molecule has 1 aliphatic rings. The molecule has 0 amide bonds. The Labute approximate surface area is 78.7 Å². The van der Waals surface area contributed by atoms with Gasteiger partial charge in [-0.15, -0.1) is 0 Å². The summed E-state index contributed by atoms with van der Waals surface area (Å²) in [4.78, 5) is 11.4. The standard InChI is InChI=1S/C10H15NO2/c1-10(2)5-3-4-8(10)9(12)13-7-6-11/h8H,3-5,7H2,1-2H3. The van der Waals surface area contributed by atoms with E-state index in [1.54, 1.807) is 6.07 Å². The van der Waals surface area contributed by atoms with Crippen molar-refractivity contribution in [2.24, 2.45) is 11.3 Å². The first-order chi connectivity index (χ1) is 6.08. The number of hydrogen-bond acceptors (Lipinski definition) is 3.